The minimum Gasteiger partial charge on any atom is -0.385 e. The number of hydrogen-bond acceptors (Lipinski definition) is 2. The van der Waals surface area contributed by atoms with E-state index in [1.54, 1.807) is 26.2 Å². The summed E-state index contributed by atoms with van der Waals surface area (Å²) >= 11 is 0. The molecule has 0 fully saturated rings. The predicted octanol–water partition coefficient (Wildman–Crippen LogP) is 2.89. The highest BCUT2D eigenvalue weighted by Gasteiger charge is 2.06. The summed E-state index contributed by atoms with van der Waals surface area (Å²) in [5.74, 6) is -0.392. The summed E-state index contributed by atoms with van der Waals surface area (Å²) < 4.78 is 18.1. The maximum Gasteiger partial charge on any atom is 0.224 e. The van der Waals surface area contributed by atoms with Crippen molar-refractivity contribution in [2.24, 2.45) is 0 Å². The molecule has 0 aliphatic heterocycles. The van der Waals surface area contributed by atoms with Gasteiger partial charge in [0.05, 0.1) is 0 Å². The molecule has 1 N–H and O–H groups in total. The zero-order chi connectivity index (χ0) is 12.7. The molecule has 0 unspecified atom stereocenters. The van der Waals surface area contributed by atoms with Crippen molar-refractivity contribution >= 4 is 11.6 Å². The predicted molar refractivity (Wildman–Crippen MR) is 65.5 cm³/mol. The molecule has 94 valence electrons. The lowest BCUT2D eigenvalue weighted by atomic mass is 10.1. The zero-order valence-corrected chi connectivity index (χ0v) is 10.3. The largest absolute Gasteiger partial charge is 0.385 e. The number of amides is 1. The lowest BCUT2D eigenvalue weighted by molar-refractivity contribution is -0.116. The Morgan fingerprint density at radius 3 is 2.88 bits per heavy atom. The number of ether oxygens (including phenoxy) is 1. The fourth-order valence-electron chi connectivity index (χ4n) is 1.49. The van der Waals surface area contributed by atoms with Gasteiger partial charge in [-0.2, -0.15) is 0 Å². The van der Waals surface area contributed by atoms with Gasteiger partial charge in [0.2, 0.25) is 5.91 Å². The van der Waals surface area contributed by atoms with E-state index in [9.17, 15) is 9.18 Å². The van der Waals surface area contributed by atoms with Crippen LogP contribution in [0.2, 0.25) is 0 Å². The van der Waals surface area contributed by atoms with Crippen molar-refractivity contribution in [3.05, 3.63) is 29.6 Å². The van der Waals surface area contributed by atoms with E-state index >= 15 is 0 Å². The summed E-state index contributed by atoms with van der Waals surface area (Å²) in [4.78, 5) is 11.6. The SMILES string of the molecule is COCCCCC(=O)Nc1cccc(F)c1C. The van der Waals surface area contributed by atoms with Crippen LogP contribution < -0.4 is 5.32 Å². The van der Waals surface area contributed by atoms with Gasteiger partial charge >= 0.3 is 0 Å². The Kier molecular flexibility index (Phi) is 5.63. The van der Waals surface area contributed by atoms with Gasteiger partial charge < -0.3 is 10.1 Å². The highest BCUT2D eigenvalue weighted by Crippen LogP contribution is 2.17. The standard InChI is InChI=1S/C13H18FNO2/c1-10-11(14)6-5-7-12(10)15-13(16)8-3-4-9-17-2/h5-7H,3-4,8-9H2,1-2H3,(H,15,16). The average molecular weight is 239 g/mol. The second kappa shape index (κ2) is 7.01. The van der Waals surface area contributed by atoms with Crippen LogP contribution in [0, 0.1) is 12.7 Å². The van der Waals surface area contributed by atoms with Crippen molar-refractivity contribution in [1.29, 1.82) is 0 Å². The van der Waals surface area contributed by atoms with Crippen molar-refractivity contribution in [3.63, 3.8) is 0 Å². The van der Waals surface area contributed by atoms with Gasteiger partial charge in [0, 0.05) is 31.4 Å². The zero-order valence-electron chi connectivity index (χ0n) is 10.3. The fraction of sp³-hybridized carbons (Fsp3) is 0.462. The molecule has 0 heterocycles. The van der Waals surface area contributed by atoms with Crippen molar-refractivity contribution in [2.75, 3.05) is 19.0 Å². The molecule has 1 amide bonds. The third kappa shape index (κ3) is 4.53. The van der Waals surface area contributed by atoms with E-state index in [0.29, 0.717) is 24.3 Å². The minimum atomic E-state index is -0.304. The van der Waals surface area contributed by atoms with Gasteiger partial charge in [-0.05, 0) is 31.9 Å². The first-order valence-electron chi connectivity index (χ1n) is 5.69. The van der Waals surface area contributed by atoms with Crippen molar-refractivity contribution in [1.82, 2.24) is 0 Å². The van der Waals surface area contributed by atoms with Crippen LogP contribution in [0.15, 0.2) is 18.2 Å². The number of carbonyl (C=O) groups excluding carboxylic acids is 1. The number of methoxy groups -OCH3 is 1. The number of hydrogen-bond donors (Lipinski definition) is 1. The fourth-order valence-corrected chi connectivity index (χ4v) is 1.49. The minimum absolute atomic E-state index is 0.0881. The lowest BCUT2D eigenvalue weighted by Crippen LogP contribution is -2.12. The molecule has 0 bridgehead atoms. The van der Waals surface area contributed by atoms with Crippen molar-refractivity contribution in [3.8, 4) is 0 Å². The first kappa shape index (κ1) is 13.6. The second-order valence-electron chi connectivity index (χ2n) is 3.91. The number of anilines is 1. The van der Waals surface area contributed by atoms with E-state index in [2.05, 4.69) is 5.32 Å². The normalized spacial score (nSPS) is 10.3. The molecule has 0 atom stereocenters. The number of nitrogens with one attached hydrogen (secondary N) is 1. The molecule has 0 aliphatic carbocycles. The number of unbranched alkanes of at least 4 members (excludes halogenated alkanes) is 1. The molecule has 0 saturated heterocycles. The summed E-state index contributed by atoms with van der Waals surface area (Å²) in [7, 11) is 1.64. The first-order chi connectivity index (χ1) is 8.15. The van der Waals surface area contributed by atoms with Crippen LogP contribution in [-0.2, 0) is 9.53 Å². The number of rotatable bonds is 6. The quantitative estimate of drug-likeness (QED) is 0.775. The lowest BCUT2D eigenvalue weighted by Gasteiger charge is -2.08. The van der Waals surface area contributed by atoms with Crippen molar-refractivity contribution in [2.45, 2.75) is 26.2 Å². The van der Waals surface area contributed by atoms with E-state index in [-0.39, 0.29) is 11.7 Å². The molecule has 4 heteroatoms. The third-order valence-corrected chi connectivity index (χ3v) is 2.54. The number of benzene rings is 1. The van der Waals surface area contributed by atoms with Gasteiger partial charge in [0.25, 0.3) is 0 Å². The van der Waals surface area contributed by atoms with E-state index in [1.165, 1.54) is 6.07 Å². The van der Waals surface area contributed by atoms with Gasteiger partial charge in [0.15, 0.2) is 0 Å². The topological polar surface area (TPSA) is 38.3 Å². The Bertz CT molecular complexity index is 380. The molecule has 1 aromatic rings. The van der Waals surface area contributed by atoms with Gasteiger partial charge in [-0.15, -0.1) is 0 Å². The van der Waals surface area contributed by atoms with Crippen LogP contribution in [0.4, 0.5) is 10.1 Å². The highest BCUT2D eigenvalue weighted by molar-refractivity contribution is 5.91. The summed E-state index contributed by atoms with van der Waals surface area (Å²) in [6, 6.07) is 4.66. The molecule has 1 aromatic carbocycles. The van der Waals surface area contributed by atoms with E-state index < -0.39 is 0 Å². The molecule has 1 rings (SSSR count). The maximum absolute atomic E-state index is 13.2. The van der Waals surface area contributed by atoms with Gasteiger partial charge in [-0.1, -0.05) is 6.07 Å². The average Bonchev–Trinajstić information content (AvgIpc) is 2.31. The Morgan fingerprint density at radius 1 is 1.41 bits per heavy atom. The van der Waals surface area contributed by atoms with Crippen molar-refractivity contribution < 1.29 is 13.9 Å². The third-order valence-electron chi connectivity index (χ3n) is 2.54. The van der Waals surface area contributed by atoms with Crippen LogP contribution in [0.3, 0.4) is 0 Å². The monoisotopic (exact) mass is 239 g/mol. The van der Waals surface area contributed by atoms with Crippen LogP contribution in [0.5, 0.6) is 0 Å². The van der Waals surface area contributed by atoms with Crippen LogP contribution in [-0.4, -0.2) is 19.6 Å². The molecular weight excluding hydrogens is 221 g/mol. The maximum atomic E-state index is 13.2. The number of carbonyl (C=O) groups is 1. The van der Waals surface area contributed by atoms with E-state index in [1.807, 2.05) is 0 Å². The summed E-state index contributed by atoms with van der Waals surface area (Å²) in [5, 5.41) is 2.71. The van der Waals surface area contributed by atoms with Crippen LogP contribution in [0.25, 0.3) is 0 Å². The molecule has 3 nitrogen and oxygen atoms in total. The molecule has 0 aliphatic rings. The smallest absolute Gasteiger partial charge is 0.224 e. The van der Waals surface area contributed by atoms with Gasteiger partial charge in [-0.25, -0.2) is 4.39 Å². The van der Waals surface area contributed by atoms with Gasteiger partial charge in [-0.3, -0.25) is 4.79 Å². The molecule has 0 radical (unpaired) electrons. The summed E-state index contributed by atoms with van der Waals surface area (Å²) in [6.07, 6.45) is 2.05. The number of halogens is 1. The Labute approximate surface area is 101 Å². The molecule has 0 spiro atoms. The summed E-state index contributed by atoms with van der Waals surface area (Å²) in [5.41, 5.74) is 1.01. The molecule has 0 saturated carbocycles. The van der Waals surface area contributed by atoms with E-state index in [0.717, 1.165) is 12.8 Å². The van der Waals surface area contributed by atoms with Crippen LogP contribution in [0.1, 0.15) is 24.8 Å². The van der Waals surface area contributed by atoms with Crippen LogP contribution >= 0.6 is 0 Å². The Morgan fingerprint density at radius 2 is 2.18 bits per heavy atom. The second-order valence-corrected chi connectivity index (χ2v) is 3.91. The van der Waals surface area contributed by atoms with Gasteiger partial charge in [0.1, 0.15) is 5.82 Å². The molecular formula is C13H18FNO2. The molecule has 0 aromatic heterocycles. The highest BCUT2D eigenvalue weighted by atomic mass is 19.1. The van der Waals surface area contributed by atoms with E-state index in [4.69, 9.17) is 4.74 Å². The Balaban J connectivity index is 2.43. The molecule has 17 heavy (non-hydrogen) atoms. The summed E-state index contributed by atoms with van der Waals surface area (Å²) in [6.45, 7) is 2.31. The first-order valence-corrected chi connectivity index (χ1v) is 5.69. The Hall–Kier alpha value is -1.42.